The van der Waals surface area contributed by atoms with E-state index in [9.17, 15) is 4.79 Å². The average molecular weight is 360 g/mol. The number of anilines is 1. The Morgan fingerprint density at radius 3 is 2.75 bits per heavy atom. The Morgan fingerprint density at radius 1 is 1.12 bits per heavy atom. The van der Waals surface area contributed by atoms with Gasteiger partial charge in [0.15, 0.2) is 0 Å². The molecule has 1 N–H and O–H groups in total. The number of nitrogens with zero attached hydrogens (tertiary/aromatic N) is 2. The molecule has 0 unspecified atom stereocenters. The van der Waals surface area contributed by atoms with E-state index in [0.29, 0.717) is 28.7 Å². The number of ether oxygens (including phenoxy) is 1. The Balaban J connectivity index is 1.53. The van der Waals surface area contributed by atoms with Gasteiger partial charge in [0.2, 0.25) is 5.13 Å². The number of rotatable bonds is 6. The second kappa shape index (κ2) is 7.90. The standard InChI is InChI=1S/C17H14ClN3O2S/c18-13-6-4-5-12(11-13)16(22)19-17-21-20-15(24-17)9-10-23-14-7-2-1-3-8-14/h1-8,11H,9-10H2,(H,19,21,22). The number of carbonyl (C=O) groups excluding carboxylic acids is 1. The van der Waals surface area contributed by atoms with Gasteiger partial charge in [0.25, 0.3) is 5.91 Å². The molecule has 0 saturated carbocycles. The summed E-state index contributed by atoms with van der Waals surface area (Å²) in [5.41, 5.74) is 0.478. The van der Waals surface area contributed by atoms with Gasteiger partial charge in [-0.25, -0.2) is 0 Å². The number of hydrogen-bond donors (Lipinski definition) is 1. The lowest BCUT2D eigenvalue weighted by Gasteiger charge is -2.03. The lowest BCUT2D eigenvalue weighted by atomic mass is 10.2. The fourth-order valence-electron chi connectivity index (χ4n) is 1.98. The molecule has 0 aliphatic rings. The number of amides is 1. The highest BCUT2D eigenvalue weighted by Gasteiger charge is 2.10. The van der Waals surface area contributed by atoms with Gasteiger partial charge in [-0.2, -0.15) is 0 Å². The van der Waals surface area contributed by atoms with Crippen molar-refractivity contribution in [2.75, 3.05) is 11.9 Å². The third kappa shape index (κ3) is 4.53. The first kappa shape index (κ1) is 16.4. The van der Waals surface area contributed by atoms with Gasteiger partial charge in [0.05, 0.1) is 6.61 Å². The smallest absolute Gasteiger partial charge is 0.257 e. The maximum atomic E-state index is 12.1. The Hall–Kier alpha value is -2.44. The van der Waals surface area contributed by atoms with Gasteiger partial charge in [-0.1, -0.05) is 47.2 Å². The topological polar surface area (TPSA) is 64.1 Å². The Labute approximate surface area is 148 Å². The van der Waals surface area contributed by atoms with Crippen LogP contribution in [0.25, 0.3) is 0 Å². The number of benzene rings is 2. The lowest BCUT2D eigenvalue weighted by molar-refractivity contribution is 0.102. The van der Waals surface area contributed by atoms with Crippen LogP contribution in [0.4, 0.5) is 5.13 Å². The van der Waals surface area contributed by atoms with Gasteiger partial charge in [-0.15, -0.1) is 10.2 Å². The highest BCUT2D eigenvalue weighted by atomic mass is 35.5. The second-order valence-electron chi connectivity index (χ2n) is 4.88. The maximum Gasteiger partial charge on any atom is 0.257 e. The number of halogens is 1. The molecule has 3 aromatic rings. The minimum atomic E-state index is -0.263. The van der Waals surface area contributed by atoms with E-state index in [2.05, 4.69) is 15.5 Å². The monoisotopic (exact) mass is 359 g/mol. The predicted molar refractivity (Wildman–Crippen MR) is 95.0 cm³/mol. The SMILES string of the molecule is O=C(Nc1nnc(CCOc2ccccc2)s1)c1cccc(Cl)c1. The zero-order valence-electron chi connectivity index (χ0n) is 12.6. The molecule has 0 fully saturated rings. The van der Waals surface area contributed by atoms with Gasteiger partial charge in [-0.05, 0) is 30.3 Å². The third-order valence-electron chi connectivity index (χ3n) is 3.10. The van der Waals surface area contributed by atoms with Crippen molar-refractivity contribution in [3.05, 3.63) is 70.2 Å². The molecule has 2 aromatic carbocycles. The van der Waals surface area contributed by atoms with Crippen molar-refractivity contribution in [1.82, 2.24) is 10.2 Å². The Bertz CT molecular complexity index is 823. The molecule has 0 saturated heterocycles. The van der Waals surface area contributed by atoms with Gasteiger partial charge in [-0.3, -0.25) is 10.1 Å². The van der Waals surface area contributed by atoms with Crippen molar-refractivity contribution in [3.63, 3.8) is 0 Å². The van der Waals surface area contributed by atoms with Crippen molar-refractivity contribution in [3.8, 4) is 5.75 Å². The molecule has 3 rings (SSSR count). The van der Waals surface area contributed by atoms with E-state index in [4.69, 9.17) is 16.3 Å². The summed E-state index contributed by atoms with van der Waals surface area (Å²) in [6, 6.07) is 16.3. The van der Waals surface area contributed by atoms with Crippen LogP contribution in [0.5, 0.6) is 5.75 Å². The normalized spacial score (nSPS) is 10.4. The molecule has 0 aliphatic carbocycles. The van der Waals surface area contributed by atoms with Crippen molar-refractivity contribution in [1.29, 1.82) is 0 Å². The first-order chi connectivity index (χ1) is 11.7. The molecule has 1 aromatic heterocycles. The second-order valence-corrected chi connectivity index (χ2v) is 6.38. The van der Waals surface area contributed by atoms with E-state index in [1.807, 2.05) is 30.3 Å². The molecule has 1 amide bonds. The fourth-order valence-corrected chi connectivity index (χ4v) is 2.88. The molecule has 0 atom stereocenters. The van der Waals surface area contributed by atoms with E-state index in [1.54, 1.807) is 24.3 Å². The summed E-state index contributed by atoms with van der Waals surface area (Å²) in [5, 5.41) is 12.5. The summed E-state index contributed by atoms with van der Waals surface area (Å²) in [4.78, 5) is 12.1. The number of aromatic nitrogens is 2. The van der Waals surface area contributed by atoms with Crippen LogP contribution in [0, 0.1) is 0 Å². The molecule has 0 aliphatic heterocycles. The zero-order valence-corrected chi connectivity index (χ0v) is 14.2. The molecule has 24 heavy (non-hydrogen) atoms. The van der Waals surface area contributed by atoms with Crippen LogP contribution in [-0.2, 0) is 6.42 Å². The van der Waals surface area contributed by atoms with Crippen LogP contribution in [0.2, 0.25) is 5.02 Å². The molecule has 7 heteroatoms. The van der Waals surface area contributed by atoms with Crippen LogP contribution in [-0.4, -0.2) is 22.7 Å². The number of nitrogens with one attached hydrogen (secondary N) is 1. The van der Waals surface area contributed by atoms with Crippen LogP contribution in [0.15, 0.2) is 54.6 Å². The van der Waals surface area contributed by atoms with Crippen molar-refractivity contribution < 1.29 is 9.53 Å². The predicted octanol–water partition coefficient (Wildman–Crippen LogP) is 4.07. The highest BCUT2D eigenvalue weighted by molar-refractivity contribution is 7.15. The number of carbonyl (C=O) groups is 1. The Morgan fingerprint density at radius 2 is 1.96 bits per heavy atom. The van der Waals surface area contributed by atoms with Crippen molar-refractivity contribution in [2.45, 2.75) is 6.42 Å². The molecular formula is C17H14ClN3O2S. The van der Waals surface area contributed by atoms with E-state index in [0.717, 1.165) is 10.8 Å². The largest absolute Gasteiger partial charge is 0.493 e. The summed E-state index contributed by atoms with van der Waals surface area (Å²) in [5.74, 6) is 0.553. The highest BCUT2D eigenvalue weighted by Crippen LogP contribution is 2.18. The van der Waals surface area contributed by atoms with E-state index in [-0.39, 0.29) is 5.91 Å². The van der Waals surface area contributed by atoms with Crippen LogP contribution < -0.4 is 10.1 Å². The first-order valence-electron chi connectivity index (χ1n) is 7.28. The van der Waals surface area contributed by atoms with Crippen LogP contribution >= 0.6 is 22.9 Å². The summed E-state index contributed by atoms with van der Waals surface area (Å²) < 4.78 is 5.62. The molecule has 0 radical (unpaired) electrons. The van der Waals surface area contributed by atoms with Crippen molar-refractivity contribution in [2.24, 2.45) is 0 Å². The molecule has 5 nitrogen and oxygen atoms in total. The fraction of sp³-hybridized carbons (Fsp3) is 0.118. The molecular weight excluding hydrogens is 346 g/mol. The molecule has 0 spiro atoms. The first-order valence-corrected chi connectivity index (χ1v) is 8.47. The summed E-state index contributed by atoms with van der Waals surface area (Å²) in [6.45, 7) is 0.501. The molecule has 1 heterocycles. The van der Waals surface area contributed by atoms with Gasteiger partial charge in [0.1, 0.15) is 10.8 Å². The van der Waals surface area contributed by atoms with E-state index >= 15 is 0 Å². The third-order valence-corrected chi connectivity index (χ3v) is 4.24. The van der Waals surface area contributed by atoms with Gasteiger partial charge in [0, 0.05) is 17.0 Å². The van der Waals surface area contributed by atoms with Gasteiger partial charge < -0.3 is 4.74 Å². The summed E-state index contributed by atoms with van der Waals surface area (Å²) in [7, 11) is 0. The number of hydrogen-bond acceptors (Lipinski definition) is 5. The quantitative estimate of drug-likeness (QED) is 0.720. The molecule has 122 valence electrons. The van der Waals surface area contributed by atoms with Crippen LogP contribution in [0.3, 0.4) is 0 Å². The Kier molecular flexibility index (Phi) is 5.40. The van der Waals surface area contributed by atoms with E-state index < -0.39 is 0 Å². The summed E-state index contributed by atoms with van der Waals surface area (Å²) >= 11 is 7.21. The maximum absolute atomic E-state index is 12.1. The van der Waals surface area contributed by atoms with Crippen molar-refractivity contribution >= 4 is 34.0 Å². The van der Waals surface area contributed by atoms with Crippen LogP contribution in [0.1, 0.15) is 15.4 Å². The summed E-state index contributed by atoms with van der Waals surface area (Å²) in [6.07, 6.45) is 0.625. The minimum absolute atomic E-state index is 0.263. The van der Waals surface area contributed by atoms with Gasteiger partial charge >= 0.3 is 0 Å². The number of para-hydroxylation sites is 1. The zero-order chi connectivity index (χ0) is 16.8. The lowest BCUT2D eigenvalue weighted by Crippen LogP contribution is -2.11. The van der Waals surface area contributed by atoms with E-state index in [1.165, 1.54) is 11.3 Å². The molecule has 0 bridgehead atoms. The minimum Gasteiger partial charge on any atom is -0.493 e. The average Bonchev–Trinajstić information content (AvgIpc) is 3.03.